The highest BCUT2D eigenvalue weighted by Crippen LogP contribution is 2.46. The van der Waals surface area contributed by atoms with Gasteiger partial charge in [0.2, 0.25) is 5.12 Å². The van der Waals surface area contributed by atoms with Crippen LogP contribution in [-0.4, -0.2) is 36.2 Å². The van der Waals surface area contributed by atoms with Crippen molar-refractivity contribution >= 4 is 59.1 Å². The topological polar surface area (TPSA) is 128 Å². The average Bonchev–Trinajstić information content (AvgIpc) is 3.21. The van der Waals surface area contributed by atoms with Crippen molar-refractivity contribution in [1.29, 1.82) is 0 Å². The van der Waals surface area contributed by atoms with Gasteiger partial charge in [-0.2, -0.15) is 0 Å². The Morgan fingerprint density at radius 1 is 0.703 bits per heavy atom. The number of carbonyl (C=O) groups excluding carboxylic acids is 1. The maximum absolute atomic E-state index is 13.5. The Bertz CT molecular complexity index is 1750. The van der Waals surface area contributed by atoms with Gasteiger partial charge in [-0.05, 0) is 72.4 Å². The zero-order valence-electron chi connectivity index (χ0n) is 19.5. The molecule has 0 fully saturated rings. The molecule has 1 aliphatic heterocycles. The van der Waals surface area contributed by atoms with E-state index in [9.17, 15) is 21.6 Å². The first-order valence-electron chi connectivity index (χ1n) is 10.8. The summed E-state index contributed by atoms with van der Waals surface area (Å²) < 4.78 is 69.3. The van der Waals surface area contributed by atoms with Gasteiger partial charge in [-0.1, -0.05) is 12.1 Å². The maximum Gasteiger partial charge on any atom is 0.263 e. The molecule has 0 atom stereocenters. The number of benzene rings is 4. The molecule has 0 aliphatic carbocycles. The number of ether oxygens (including phenoxy) is 2. The first-order chi connectivity index (χ1) is 17.6. The highest BCUT2D eigenvalue weighted by molar-refractivity contribution is 8.15. The van der Waals surface area contributed by atoms with Crippen LogP contribution in [0.1, 0.15) is 10.4 Å². The summed E-state index contributed by atoms with van der Waals surface area (Å²) in [4.78, 5) is 12.3. The molecule has 0 radical (unpaired) electrons. The summed E-state index contributed by atoms with van der Waals surface area (Å²) in [6.07, 6.45) is 0. The van der Waals surface area contributed by atoms with Crippen molar-refractivity contribution in [3.63, 3.8) is 0 Å². The second-order valence-corrected chi connectivity index (χ2v) is 12.3. The van der Waals surface area contributed by atoms with E-state index in [1.54, 1.807) is 42.5 Å². The van der Waals surface area contributed by atoms with Gasteiger partial charge in [0.05, 0.1) is 19.1 Å². The quantitative estimate of drug-likeness (QED) is 0.320. The predicted octanol–water partition coefficient (Wildman–Crippen LogP) is 4.70. The van der Waals surface area contributed by atoms with E-state index in [4.69, 9.17) is 9.47 Å². The van der Waals surface area contributed by atoms with Gasteiger partial charge in [0, 0.05) is 32.6 Å². The molecule has 37 heavy (non-hydrogen) atoms. The number of sulfonamides is 2. The second-order valence-electron chi connectivity index (χ2n) is 7.99. The van der Waals surface area contributed by atoms with Gasteiger partial charge >= 0.3 is 0 Å². The van der Waals surface area contributed by atoms with Crippen LogP contribution in [0.4, 0.5) is 11.4 Å². The molecule has 4 aromatic rings. The lowest BCUT2D eigenvalue weighted by Crippen LogP contribution is -2.17. The summed E-state index contributed by atoms with van der Waals surface area (Å²) in [6, 6.07) is 18.2. The fraction of sp³-hybridized carbons (Fsp3) is 0.0800. The van der Waals surface area contributed by atoms with Crippen molar-refractivity contribution in [2.24, 2.45) is 0 Å². The molecule has 9 nitrogen and oxygen atoms in total. The van der Waals surface area contributed by atoms with Gasteiger partial charge in [0.25, 0.3) is 20.0 Å². The van der Waals surface area contributed by atoms with E-state index in [0.717, 1.165) is 17.8 Å². The highest BCUT2D eigenvalue weighted by atomic mass is 32.2. The predicted molar refractivity (Wildman–Crippen MR) is 142 cm³/mol. The van der Waals surface area contributed by atoms with E-state index in [1.807, 2.05) is 0 Å². The summed E-state index contributed by atoms with van der Waals surface area (Å²) in [5.74, 6) is 1.08. The van der Waals surface area contributed by atoms with Crippen LogP contribution in [0.15, 0.2) is 87.5 Å². The van der Waals surface area contributed by atoms with Crippen molar-refractivity contribution in [2.45, 2.75) is 14.7 Å². The minimum Gasteiger partial charge on any atom is -0.497 e. The molecule has 0 saturated heterocycles. The number of nitrogens with one attached hydrogen (secondary N) is 2. The lowest BCUT2D eigenvalue weighted by molar-refractivity contribution is 0.109. The zero-order chi connectivity index (χ0) is 26.4. The largest absolute Gasteiger partial charge is 0.497 e. The lowest BCUT2D eigenvalue weighted by Gasteiger charge is -2.16. The average molecular weight is 557 g/mol. The molecule has 1 heterocycles. The molecule has 0 unspecified atom stereocenters. The third kappa shape index (κ3) is 4.59. The highest BCUT2D eigenvalue weighted by Gasteiger charge is 2.34. The fourth-order valence-electron chi connectivity index (χ4n) is 3.97. The maximum atomic E-state index is 13.5. The Labute approximate surface area is 217 Å². The molecule has 0 amide bonds. The number of rotatable bonds is 8. The zero-order valence-corrected chi connectivity index (χ0v) is 22.0. The second kappa shape index (κ2) is 9.29. The summed E-state index contributed by atoms with van der Waals surface area (Å²) in [5.41, 5.74) is 0.756. The van der Waals surface area contributed by atoms with Crippen LogP contribution in [-0.2, 0) is 20.0 Å². The number of anilines is 2. The molecule has 0 aromatic heterocycles. The first-order valence-corrected chi connectivity index (χ1v) is 14.6. The smallest absolute Gasteiger partial charge is 0.263 e. The molecular weight excluding hydrogens is 536 g/mol. The van der Waals surface area contributed by atoms with Crippen molar-refractivity contribution in [1.82, 2.24) is 0 Å². The molecule has 0 bridgehead atoms. The Kier molecular flexibility index (Phi) is 6.26. The van der Waals surface area contributed by atoms with E-state index < -0.39 is 20.0 Å². The van der Waals surface area contributed by atoms with Crippen LogP contribution < -0.4 is 18.9 Å². The van der Waals surface area contributed by atoms with Crippen molar-refractivity contribution in [3.8, 4) is 11.5 Å². The number of carbonyl (C=O) groups is 1. The molecule has 12 heteroatoms. The normalized spacial score (nSPS) is 13.0. The molecule has 4 aromatic carbocycles. The van der Waals surface area contributed by atoms with Gasteiger partial charge in [0.15, 0.2) is 0 Å². The molecule has 1 aliphatic rings. The van der Waals surface area contributed by atoms with Crippen molar-refractivity contribution in [3.05, 3.63) is 78.4 Å². The SMILES string of the molecule is COc1ccc(NS(=O)(=O)c2cc(S(=O)(=O)Nc3ccc(OC)cc3)c3cccc4c3c2SC4=O)cc1. The minimum absolute atomic E-state index is 0.181. The van der Waals surface area contributed by atoms with E-state index in [-0.39, 0.29) is 47.5 Å². The summed E-state index contributed by atoms with van der Waals surface area (Å²) in [7, 11) is -5.58. The summed E-state index contributed by atoms with van der Waals surface area (Å²) in [5, 5.41) is 0.166. The Balaban J connectivity index is 1.66. The summed E-state index contributed by atoms with van der Waals surface area (Å²) >= 11 is 0.760. The van der Waals surface area contributed by atoms with Gasteiger partial charge in [-0.3, -0.25) is 14.2 Å². The number of hydrogen-bond donors (Lipinski definition) is 2. The van der Waals surface area contributed by atoms with Crippen molar-refractivity contribution in [2.75, 3.05) is 23.7 Å². The molecule has 5 rings (SSSR count). The third-order valence-electron chi connectivity index (χ3n) is 5.72. The molecule has 2 N–H and O–H groups in total. The fourth-order valence-corrected chi connectivity index (χ4v) is 7.91. The van der Waals surface area contributed by atoms with Crippen LogP contribution in [0.25, 0.3) is 10.8 Å². The Morgan fingerprint density at radius 2 is 1.22 bits per heavy atom. The van der Waals surface area contributed by atoms with Gasteiger partial charge in [-0.15, -0.1) is 0 Å². The minimum atomic E-state index is -4.29. The summed E-state index contributed by atoms with van der Waals surface area (Å²) in [6.45, 7) is 0. The van der Waals surface area contributed by atoms with Crippen LogP contribution in [0.5, 0.6) is 11.5 Å². The van der Waals surface area contributed by atoms with E-state index in [0.29, 0.717) is 11.5 Å². The third-order valence-corrected chi connectivity index (χ3v) is 9.71. The van der Waals surface area contributed by atoms with Gasteiger partial charge in [-0.25, -0.2) is 16.8 Å². The van der Waals surface area contributed by atoms with Gasteiger partial charge in [0.1, 0.15) is 16.4 Å². The molecule has 0 saturated carbocycles. The van der Waals surface area contributed by atoms with Crippen LogP contribution in [0, 0.1) is 0 Å². The molecule has 190 valence electrons. The van der Waals surface area contributed by atoms with Gasteiger partial charge < -0.3 is 9.47 Å². The van der Waals surface area contributed by atoms with Crippen LogP contribution in [0.3, 0.4) is 0 Å². The van der Waals surface area contributed by atoms with E-state index in [1.165, 1.54) is 38.5 Å². The Morgan fingerprint density at radius 3 is 1.73 bits per heavy atom. The van der Waals surface area contributed by atoms with Crippen molar-refractivity contribution < 1.29 is 31.1 Å². The first kappa shape index (κ1) is 24.9. The standard InChI is InChI=1S/C25H20N2O7S3/c1-33-17-10-6-15(7-11-17)26-36(29,30)21-14-22(24-23-19(21)4-3-5-20(23)25(28)35-24)37(31,32)27-16-8-12-18(34-2)13-9-16/h3-14,26-27H,1-2H3. The van der Waals surface area contributed by atoms with Crippen LogP contribution >= 0.6 is 11.8 Å². The molecule has 0 spiro atoms. The Hall–Kier alpha value is -3.74. The van der Waals surface area contributed by atoms with E-state index >= 15 is 0 Å². The lowest BCUT2D eigenvalue weighted by atomic mass is 10.1. The monoisotopic (exact) mass is 556 g/mol. The number of thioether (sulfide) groups is 1. The van der Waals surface area contributed by atoms with Crippen LogP contribution in [0.2, 0.25) is 0 Å². The van der Waals surface area contributed by atoms with E-state index in [2.05, 4.69) is 9.44 Å². The number of hydrogen-bond acceptors (Lipinski definition) is 8. The number of methoxy groups -OCH3 is 2. The molecular formula is C25H20N2O7S3.